The Labute approximate surface area is 290 Å². The largest absolute Gasteiger partial charge is 0.459 e. The number of fused-ring (bicyclic) bond motifs is 1. The van der Waals surface area contributed by atoms with Crippen molar-refractivity contribution < 1.29 is 39.9 Å². The van der Waals surface area contributed by atoms with Crippen molar-refractivity contribution in [3.05, 3.63) is 42.5 Å². The van der Waals surface area contributed by atoms with E-state index >= 15 is 0 Å². The van der Waals surface area contributed by atoms with E-state index in [-0.39, 0.29) is 31.8 Å². The van der Waals surface area contributed by atoms with Gasteiger partial charge in [0.25, 0.3) is 0 Å². The summed E-state index contributed by atoms with van der Waals surface area (Å²) in [6.07, 6.45) is -4.48. The number of rotatable bonds is 7. The number of anilines is 1. The van der Waals surface area contributed by atoms with E-state index in [9.17, 15) is 40.4 Å². The first-order valence-corrected chi connectivity index (χ1v) is 17.3. The molecular weight excluding hydrogens is 628 g/mol. The van der Waals surface area contributed by atoms with E-state index in [0.29, 0.717) is 25.2 Å². The van der Waals surface area contributed by atoms with Gasteiger partial charge in [-0.05, 0) is 75.8 Å². The Morgan fingerprint density at radius 1 is 1.06 bits per heavy atom. The quantitative estimate of drug-likeness (QED) is 0.186. The van der Waals surface area contributed by atoms with Gasteiger partial charge in [-0.2, -0.15) is 5.26 Å². The van der Waals surface area contributed by atoms with E-state index in [4.69, 9.17) is 4.74 Å². The molecule has 2 aromatic rings. The van der Waals surface area contributed by atoms with E-state index in [1.807, 2.05) is 48.2 Å². The van der Waals surface area contributed by atoms with Crippen LogP contribution in [0.25, 0.3) is 10.8 Å². The summed E-state index contributed by atoms with van der Waals surface area (Å²) in [5.41, 5.74) is -2.90. The zero-order chi connectivity index (χ0) is 36.7. The smallest absolute Gasteiger partial charge is 0.322 e. The molecule has 2 aromatic carbocycles. The van der Waals surface area contributed by atoms with Crippen molar-refractivity contribution in [3.63, 3.8) is 0 Å². The van der Waals surface area contributed by atoms with Crippen LogP contribution in [-0.2, 0) is 9.53 Å². The van der Waals surface area contributed by atoms with Gasteiger partial charge in [0.2, 0.25) is 0 Å². The number of nitriles is 1. The maximum atomic E-state index is 13.3. The molecule has 0 spiro atoms. The normalized spacial score (nSPS) is 33.9. The van der Waals surface area contributed by atoms with Crippen LogP contribution in [0.2, 0.25) is 0 Å². The van der Waals surface area contributed by atoms with E-state index in [2.05, 4.69) is 11.4 Å². The van der Waals surface area contributed by atoms with Gasteiger partial charge in [-0.1, -0.05) is 51.1 Å². The average molecular weight is 685 g/mol. The maximum Gasteiger partial charge on any atom is 0.322 e. The lowest BCUT2D eigenvalue weighted by Gasteiger charge is -2.43. The molecule has 0 unspecified atom stereocenters. The molecule has 272 valence electrons. The third-order valence-corrected chi connectivity index (χ3v) is 10.2. The van der Waals surface area contributed by atoms with Crippen LogP contribution < -0.4 is 5.32 Å². The number of amides is 2. The van der Waals surface area contributed by atoms with Crippen LogP contribution in [0.3, 0.4) is 0 Å². The highest BCUT2D eigenvalue weighted by molar-refractivity contribution is 5.93. The van der Waals surface area contributed by atoms with Crippen molar-refractivity contribution in [2.45, 2.75) is 109 Å². The van der Waals surface area contributed by atoms with Gasteiger partial charge >= 0.3 is 12.0 Å². The number of nitrogens with zero attached hydrogens (tertiary/aromatic N) is 3. The van der Waals surface area contributed by atoms with Gasteiger partial charge in [-0.3, -0.25) is 9.69 Å². The van der Waals surface area contributed by atoms with Crippen molar-refractivity contribution in [1.29, 1.82) is 5.26 Å². The molecule has 49 heavy (non-hydrogen) atoms. The number of carbonyl (C=O) groups is 2. The molecule has 12 nitrogen and oxygen atoms in total. The summed E-state index contributed by atoms with van der Waals surface area (Å²) in [6.45, 7) is 12.1. The number of esters is 1. The fourth-order valence-electron chi connectivity index (χ4n) is 7.11. The predicted molar refractivity (Wildman–Crippen MR) is 187 cm³/mol. The Kier molecular flexibility index (Phi) is 14.0. The maximum absolute atomic E-state index is 13.3. The zero-order valence-electron chi connectivity index (χ0n) is 29.9. The molecule has 1 saturated heterocycles. The third-order valence-electron chi connectivity index (χ3n) is 10.2. The second-order valence-corrected chi connectivity index (χ2v) is 14.4. The SMILES string of the molecule is CC[C@H]1OC(=O)[C@H](C)[C@@H](O)[C@H](C)[C@@H](O)[C@](C)(O)C[C@@H](C)CN(CCCN(CC#N)C(=O)Nc2ccc3ccccc3c2)[C@H](C)[C@@H](O)[C@]1(C)O. The summed E-state index contributed by atoms with van der Waals surface area (Å²) in [7, 11) is 0. The summed E-state index contributed by atoms with van der Waals surface area (Å²) >= 11 is 0. The number of carbonyl (C=O) groups excluding carboxylic acids is 2. The molecule has 0 saturated carbocycles. The zero-order valence-corrected chi connectivity index (χ0v) is 29.9. The minimum atomic E-state index is -1.88. The van der Waals surface area contributed by atoms with Crippen LogP contribution in [0.1, 0.15) is 67.7 Å². The van der Waals surface area contributed by atoms with Crippen molar-refractivity contribution in [1.82, 2.24) is 9.80 Å². The number of hydrogen-bond donors (Lipinski definition) is 6. The Bertz CT molecular complexity index is 1450. The molecule has 1 fully saturated rings. The Morgan fingerprint density at radius 2 is 1.71 bits per heavy atom. The van der Waals surface area contributed by atoms with Crippen molar-refractivity contribution >= 4 is 28.5 Å². The number of cyclic esters (lactones) is 1. The number of nitrogens with one attached hydrogen (secondary N) is 1. The van der Waals surface area contributed by atoms with Crippen LogP contribution in [0.15, 0.2) is 42.5 Å². The van der Waals surface area contributed by atoms with Gasteiger partial charge in [-0.15, -0.1) is 0 Å². The first-order chi connectivity index (χ1) is 22.9. The highest BCUT2D eigenvalue weighted by Crippen LogP contribution is 2.33. The van der Waals surface area contributed by atoms with Gasteiger partial charge in [-0.25, -0.2) is 4.79 Å². The molecular formula is C37H56N4O8. The lowest BCUT2D eigenvalue weighted by Crippen LogP contribution is -2.59. The van der Waals surface area contributed by atoms with E-state index in [0.717, 1.165) is 10.8 Å². The predicted octanol–water partition coefficient (Wildman–Crippen LogP) is 3.50. The molecule has 0 aromatic heterocycles. The van der Waals surface area contributed by atoms with Gasteiger partial charge in [0.05, 0.1) is 29.8 Å². The molecule has 2 amide bonds. The first kappa shape index (κ1) is 40.1. The van der Waals surface area contributed by atoms with Crippen molar-refractivity contribution in [3.8, 4) is 6.07 Å². The molecule has 1 aliphatic rings. The Morgan fingerprint density at radius 3 is 2.35 bits per heavy atom. The fourth-order valence-corrected chi connectivity index (χ4v) is 7.11. The lowest BCUT2D eigenvalue weighted by molar-refractivity contribution is -0.193. The minimum Gasteiger partial charge on any atom is -0.459 e. The summed E-state index contributed by atoms with van der Waals surface area (Å²) in [5.74, 6) is -2.99. The van der Waals surface area contributed by atoms with E-state index in [1.165, 1.54) is 25.7 Å². The molecule has 1 aliphatic heterocycles. The number of hydrogen-bond acceptors (Lipinski definition) is 10. The molecule has 10 atom stereocenters. The highest BCUT2D eigenvalue weighted by atomic mass is 16.6. The van der Waals surface area contributed by atoms with E-state index < -0.39 is 65.5 Å². The van der Waals surface area contributed by atoms with Crippen molar-refractivity contribution in [2.24, 2.45) is 17.8 Å². The van der Waals surface area contributed by atoms with Crippen LogP contribution in [0.4, 0.5) is 10.5 Å². The number of benzene rings is 2. The number of ether oxygens (including phenoxy) is 1. The second-order valence-electron chi connectivity index (χ2n) is 14.4. The Hall–Kier alpha value is -3.31. The molecule has 3 rings (SSSR count). The van der Waals surface area contributed by atoms with Crippen LogP contribution in [0.5, 0.6) is 0 Å². The van der Waals surface area contributed by atoms with Gasteiger partial charge in [0.1, 0.15) is 24.4 Å². The Balaban J connectivity index is 1.84. The topological polar surface area (TPSA) is 187 Å². The fraction of sp³-hybridized carbons (Fsp3) is 0.649. The van der Waals surface area contributed by atoms with Crippen LogP contribution in [-0.4, -0.2) is 115 Å². The number of aliphatic hydroxyl groups is 5. The standard InChI is InChI=1S/C37H56N4O8/c1-8-30-37(7,48)33(44)26(5)41(22-23(2)21-36(6,47)32(43)24(3)31(42)25(4)34(45)49-30)18-11-17-40(19-16-38)35(46)39-29-15-14-27-12-9-10-13-28(27)20-29/h9-10,12-15,20,23-26,30-33,42-44,47-48H,8,11,17-19,21-22H2,1-7H3,(H,39,46)/t23-,24+,25-,26-,30-,31+,32-,33-,36-,37-/m1/s1. The monoisotopic (exact) mass is 684 g/mol. The molecule has 0 bridgehead atoms. The summed E-state index contributed by atoms with van der Waals surface area (Å²) < 4.78 is 5.67. The third kappa shape index (κ3) is 9.90. The lowest BCUT2D eigenvalue weighted by atomic mass is 9.78. The van der Waals surface area contributed by atoms with Crippen LogP contribution >= 0.6 is 0 Å². The van der Waals surface area contributed by atoms with E-state index in [1.54, 1.807) is 26.8 Å². The molecule has 1 heterocycles. The minimum absolute atomic E-state index is 0.131. The van der Waals surface area contributed by atoms with Crippen LogP contribution in [0, 0.1) is 29.1 Å². The number of urea groups is 1. The average Bonchev–Trinajstić information content (AvgIpc) is 3.06. The first-order valence-electron chi connectivity index (χ1n) is 17.3. The van der Waals surface area contributed by atoms with Gasteiger partial charge in [0, 0.05) is 37.3 Å². The van der Waals surface area contributed by atoms with Crippen molar-refractivity contribution in [2.75, 3.05) is 31.5 Å². The number of aliphatic hydroxyl groups excluding tert-OH is 3. The molecule has 0 aliphatic carbocycles. The summed E-state index contributed by atoms with van der Waals surface area (Å²) in [5, 5.41) is 71.1. The van der Waals surface area contributed by atoms with Gasteiger partial charge in [0.15, 0.2) is 0 Å². The summed E-state index contributed by atoms with van der Waals surface area (Å²) in [6, 6.07) is 14.3. The molecule has 0 radical (unpaired) electrons. The van der Waals surface area contributed by atoms with Gasteiger partial charge < -0.3 is 40.5 Å². The molecule has 6 N–H and O–H groups in total. The second kappa shape index (κ2) is 17.1. The summed E-state index contributed by atoms with van der Waals surface area (Å²) in [4.78, 5) is 29.7. The molecule has 12 heteroatoms. The highest BCUT2D eigenvalue weighted by Gasteiger charge is 2.47.